The van der Waals surface area contributed by atoms with Crippen molar-refractivity contribution in [2.24, 2.45) is 5.92 Å². The number of nitrogens with zero attached hydrogens (tertiary/aromatic N) is 2. The molecule has 5 atom stereocenters. The molecule has 1 N–H and O–H groups in total. The second-order valence-electron chi connectivity index (χ2n) is 10.1. The van der Waals surface area contributed by atoms with Gasteiger partial charge in [-0.2, -0.15) is 0 Å². The minimum atomic E-state index is -1.74. The number of rotatable bonds is 8. The van der Waals surface area contributed by atoms with E-state index in [0.717, 1.165) is 0 Å². The highest BCUT2D eigenvalue weighted by Crippen LogP contribution is 2.46. The second kappa shape index (κ2) is 10.8. The lowest BCUT2D eigenvalue weighted by Gasteiger charge is -2.46. The molecule has 0 aromatic rings. The van der Waals surface area contributed by atoms with E-state index in [-0.39, 0.29) is 37.0 Å². The number of hydrogen-bond donors (Lipinski definition) is 1. The Kier molecular flexibility index (Phi) is 7.91. The number of ether oxygens (including phenoxy) is 2. The molecule has 0 aliphatic carbocycles. The van der Waals surface area contributed by atoms with Crippen LogP contribution in [0.2, 0.25) is 0 Å². The third kappa shape index (κ3) is 4.97. The van der Waals surface area contributed by atoms with Gasteiger partial charge in [-0.3, -0.25) is 9.69 Å². The van der Waals surface area contributed by atoms with Crippen molar-refractivity contribution in [3.8, 4) is 0 Å². The normalized spacial score (nSPS) is 28.7. The molecule has 2 amide bonds. The van der Waals surface area contributed by atoms with Gasteiger partial charge in [0, 0.05) is 6.54 Å². The van der Waals surface area contributed by atoms with Gasteiger partial charge in [0.1, 0.15) is 12.3 Å². The van der Waals surface area contributed by atoms with E-state index in [0.29, 0.717) is 30.7 Å². The van der Waals surface area contributed by atoms with Gasteiger partial charge in [-0.25, -0.2) is 9.59 Å². The maximum atomic E-state index is 13.2. The minimum absolute atomic E-state index is 0.0190. The van der Waals surface area contributed by atoms with Gasteiger partial charge >= 0.3 is 12.1 Å². The van der Waals surface area contributed by atoms with Crippen molar-refractivity contribution in [1.82, 2.24) is 9.80 Å². The lowest BCUT2D eigenvalue weighted by molar-refractivity contribution is -0.160. The largest absolute Gasteiger partial charge is 0.477 e. The number of carbonyl (C=O) groups is 3. The zero-order chi connectivity index (χ0) is 27.0. The van der Waals surface area contributed by atoms with Gasteiger partial charge in [-0.1, -0.05) is 40.8 Å². The first-order valence-corrected chi connectivity index (χ1v) is 14.4. The van der Waals surface area contributed by atoms with E-state index in [1.807, 2.05) is 19.9 Å². The Labute approximate surface area is 219 Å². The van der Waals surface area contributed by atoms with E-state index < -0.39 is 33.1 Å². The molecule has 0 aromatic carbocycles. The summed E-state index contributed by atoms with van der Waals surface area (Å²) in [7, 11) is -1.74. The van der Waals surface area contributed by atoms with Crippen molar-refractivity contribution in [1.29, 1.82) is 0 Å². The lowest BCUT2D eigenvalue weighted by Crippen LogP contribution is -2.62. The van der Waals surface area contributed by atoms with E-state index in [1.165, 1.54) is 27.3 Å². The summed E-state index contributed by atoms with van der Waals surface area (Å²) in [6.45, 7) is 14.7. The molecule has 0 spiro atoms. The fourth-order valence-electron chi connectivity index (χ4n) is 5.65. The third-order valence-corrected chi connectivity index (χ3v) is 10.7. The van der Waals surface area contributed by atoms with Crippen molar-refractivity contribution in [3.05, 3.63) is 57.6 Å². The molecule has 9 nitrogen and oxygen atoms in total. The van der Waals surface area contributed by atoms with Gasteiger partial charge in [0.15, 0.2) is 0 Å². The number of morpholine rings is 1. The van der Waals surface area contributed by atoms with E-state index in [2.05, 4.69) is 33.0 Å². The smallest absolute Gasteiger partial charge is 0.410 e. The van der Waals surface area contributed by atoms with Crippen LogP contribution in [0.5, 0.6) is 0 Å². The number of β-lactam (4-membered cyclic amide) rings is 1. The molecule has 200 valence electrons. The fourth-order valence-corrected chi connectivity index (χ4v) is 8.18. The van der Waals surface area contributed by atoms with Gasteiger partial charge in [0.2, 0.25) is 14.9 Å². The SMILES string of the molecule is C=CCOC(=O)N1CCOC[C@H]1C=C(C)C1=C(C(=O)O)N2C(=O)[C@H]([C@@H](C)O[SiH]3C=C(C)C(C)=C3C)[C@H]2C1. The van der Waals surface area contributed by atoms with Gasteiger partial charge in [0.05, 0.1) is 37.3 Å². The van der Waals surface area contributed by atoms with Crippen molar-refractivity contribution >= 4 is 27.0 Å². The van der Waals surface area contributed by atoms with Crippen LogP contribution < -0.4 is 0 Å². The van der Waals surface area contributed by atoms with Crippen LogP contribution in [0.4, 0.5) is 4.79 Å². The number of amides is 2. The Morgan fingerprint density at radius 2 is 2.08 bits per heavy atom. The monoisotopic (exact) mass is 528 g/mol. The fraction of sp³-hybridized carbons (Fsp3) is 0.519. The molecule has 0 bridgehead atoms. The molecule has 1 unspecified atom stereocenters. The zero-order valence-electron chi connectivity index (χ0n) is 22.2. The van der Waals surface area contributed by atoms with E-state index in [9.17, 15) is 19.5 Å². The molecule has 10 heteroatoms. The highest BCUT2D eigenvalue weighted by Gasteiger charge is 2.57. The van der Waals surface area contributed by atoms with Crippen molar-refractivity contribution in [3.63, 3.8) is 0 Å². The van der Waals surface area contributed by atoms with Gasteiger partial charge in [-0.05, 0) is 52.2 Å². The molecule has 0 saturated carbocycles. The first kappa shape index (κ1) is 27.1. The van der Waals surface area contributed by atoms with Crippen LogP contribution in [0.1, 0.15) is 41.0 Å². The van der Waals surface area contributed by atoms with Crippen LogP contribution in [0.3, 0.4) is 0 Å². The predicted molar refractivity (Wildman–Crippen MR) is 140 cm³/mol. The Hall–Kier alpha value is -2.95. The minimum Gasteiger partial charge on any atom is -0.477 e. The molecule has 4 aliphatic heterocycles. The molecule has 4 aliphatic rings. The van der Waals surface area contributed by atoms with E-state index in [4.69, 9.17) is 13.9 Å². The highest BCUT2D eigenvalue weighted by molar-refractivity contribution is 6.67. The quantitative estimate of drug-likeness (QED) is 0.293. The summed E-state index contributed by atoms with van der Waals surface area (Å²) in [5.41, 5.74) is 6.03. The molecular formula is C27H36N2O7Si. The summed E-state index contributed by atoms with van der Waals surface area (Å²) in [6.07, 6.45) is 2.99. The van der Waals surface area contributed by atoms with Crippen LogP contribution >= 0.6 is 0 Å². The van der Waals surface area contributed by atoms with Crippen LogP contribution in [0.25, 0.3) is 0 Å². The van der Waals surface area contributed by atoms with Crippen molar-refractivity contribution < 1.29 is 33.4 Å². The molecule has 2 saturated heterocycles. The molecule has 37 heavy (non-hydrogen) atoms. The number of carbonyl (C=O) groups excluding carboxylic acids is 2. The molecule has 0 radical (unpaired) electrons. The molecule has 4 rings (SSSR count). The number of aliphatic carboxylic acids is 1. The van der Waals surface area contributed by atoms with Gasteiger partial charge < -0.3 is 23.9 Å². The first-order chi connectivity index (χ1) is 17.6. The Morgan fingerprint density at radius 1 is 1.35 bits per heavy atom. The van der Waals surface area contributed by atoms with Crippen LogP contribution in [-0.4, -0.2) is 86.5 Å². The van der Waals surface area contributed by atoms with Crippen molar-refractivity contribution in [2.45, 2.75) is 59.2 Å². The second-order valence-corrected chi connectivity index (χ2v) is 12.4. The average molecular weight is 529 g/mol. The third-order valence-electron chi connectivity index (χ3n) is 7.93. The number of fused-ring (bicyclic) bond motifs is 1. The Balaban J connectivity index is 1.52. The van der Waals surface area contributed by atoms with Crippen molar-refractivity contribution in [2.75, 3.05) is 26.4 Å². The summed E-state index contributed by atoms with van der Waals surface area (Å²) in [6, 6.07) is -0.661. The van der Waals surface area contributed by atoms with E-state index >= 15 is 0 Å². The standard InChI is InChI=1S/C27H36N2O7Si/c1-7-9-35-27(33)28-8-10-34-13-20(28)11-15(2)21-12-22-23(25(30)29(22)24(21)26(31)32)18(5)36-37-14-16(3)17(4)19(37)6/h7,11,14,18,20,22-23,37H,1,8-10,12-13H2,2-6H3,(H,31,32)/t18-,20-,22-,23-,37?/m1/s1. The average Bonchev–Trinajstić information content (AvgIpc) is 3.32. The van der Waals surface area contributed by atoms with Crippen LogP contribution in [0.15, 0.2) is 57.6 Å². The molecule has 2 fully saturated rings. The Morgan fingerprint density at radius 3 is 2.70 bits per heavy atom. The van der Waals surface area contributed by atoms with Gasteiger partial charge in [0.25, 0.3) is 0 Å². The maximum Gasteiger partial charge on any atom is 0.410 e. The Bertz CT molecular complexity index is 1140. The van der Waals surface area contributed by atoms with Crippen LogP contribution in [-0.2, 0) is 23.5 Å². The first-order valence-electron chi connectivity index (χ1n) is 12.7. The number of hydrogen-bond acceptors (Lipinski definition) is 6. The topological polar surface area (TPSA) is 106 Å². The summed E-state index contributed by atoms with van der Waals surface area (Å²) < 4.78 is 17.2. The molecule has 0 aromatic heterocycles. The zero-order valence-corrected chi connectivity index (χ0v) is 23.3. The molecular weight excluding hydrogens is 492 g/mol. The molecule has 4 heterocycles. The summed E-state index contributed by atoms with van der Waals surface area (Å²) in [4.78, 5) is 41.0. The summed E-state index contributed by atoms with van der Waals surface area (Å²) >= 11 is 0. The maximum absolute atomic E-state index is 13.2. The predicted octanol–water partition coefficient (Wildman–Crippen LogP) is 3.03. The number of carboxylic acids is 1. The van der Waals surface area contributed by atoms with E-state index in [1.54, 1.807) is 4.90 Å². The number of allylic oxidation sites excluding steroid dienone is 4. The number of carboxylic acid groups (broad SMARTS) is 1. The lowest BCUT2D eigenvalue weighted by atomic mass is 9.82. The van der Waals surface area contributed by atoms with Gasteiger partial charge in [-0.15, -0.1) is 0 Å². The summed E-state index contributed by atoms with van der Waals surface area (Å²) in [5, 5.41) is 11.3. The highest BCUT2D eigenvalue weighted by atomic mass is 28.3. The summed E-state index contributed by atoms with van der Waals surface area (Å²) in [5.74, 6) is -1.73. The van der Waals surface area contributed by atoms with Crippen LogP contribution in [0, 0.1) is 5.92 Å².